The number of fused-ring (bicyclic) bond motifs is 1. The first kappa shape index (κ1) is 24.9. The van der Waals surface area contributed by atoms with Gasteiger partial charge >= 0.3 is 5.97 Å². The van der Waals surface area contributed by atoms with Crippen molar-refractivity contribution in [2.45, 2.75) is 33.2 Å². The average Bonchev–Trinajstić information content (AvgIpc) is 3.25. The lowest BCUT2D eigenvalue weighted by molar-refractivity contribution is 0.0526. The van der Waals surface area contributed by atoms with Gasteiger partial charge in [-0.3, -0.25) is 0 Å². The summed E-state index contributed by atoms with van der Waals surface area (Å²) in [4.78, 5) is 17.3. The van der Waals surface area contributed by atoms with Crippen LogP contribution in [0, 0.1) is 0 Å². The fourth-order valence-corrected chi connectivity index (χ4v) is 4.81. The number of rotatable bonds is 8. The maximum absolute atomic E-state index is 12.3. The van der Waals surface area contributed by atoms with Crippen molar-refractivity contribution in [2.24, 2.45) is 0 Å². The maximum Gasteiger partial charge on any atom is 0.338 e. The standard InChI is InChI=1S/C28H29BrN2O4/c1-5-35-28(33)21-8-6-7-20(15-21)22-16-23(34-4)26-25(24(22)29)30-27(31(26)13-14-32)19-11-9-18(10-12-19)17(2)3/h6-12,15-17,32H,5,13-14H2,1-4H3. The third-order valence-corrected chi connectivity index (χ3v) is 6.79. The van der Waals surface area contributed by atoms with Crippen LogP contribution < -0.4 is 4.74 Å². The number of ether oxygens (including phenoxy) is 2. The fraction of sp³-hybridized carbons (Fsp3) is 0.286. The molecule has 0 aliphatic heterocycles. The van der Waals surface area contributed by atoms with Gasteiger partial charge in [0.1, 0.15) is 22.6 Å². The van der Waals surface area contributed by atoms with Gasteiger partial charge in [-0.05, 0) is 58.1 Å². The Labute approximate surface area is 213 Å². The molecule has 3 aromatic carbocycles. The fourth-order valence-electron chi connectivity index (χ4n) is 4.20. The predicted molar refractivity (Wildman–Crippen MR) is 142 cm³/mol. The maximum atomic E-state index is 12.3. The van der Waals surface area contributed by atoms with E-state index < -0.39 is 0 Å². The third kappa shape index (κ3) is 4.83. The summed E-state index contributed by atoms with van der Waals surface area (Å²) < 4.78 is 13.7. The monoisotopic (exact) mass is 536 g/mol. The summed E-state index contributed by atoms with van der Waals surface area (Å²) in [7, 11) is 1.62. The molecule has 0 aliphatic carbocycles. The third-order valence-electron chi connectivity index (χ3n) is 5.98. The number of halogens is 1. The normalized spacial score (nSPS) is 11.3. The summed E-state index contributed by atoms with van der Waals surface area (Å²) in [5, 5.41) is 9.83. The highest BCUT2D eigenvalue weighted by molar-refractivity contribution is 9.10. The lowest BCUT2D eigenvalue weighted by Gasteiger charge is -2.13. The summed E-state index contributed by atoms with van der Waals surface area (Å²) in [5.41, 5.74) is 5.88. The first-order chi connectivity index (χ1) is 16.9. The number of carbonyl (C=O) groups is 1. The van der Waals surface area contributed by atoms with Crippen molar-refractivity contribution in [3.63, 3.8) is 0 Å². The van der Waals surface area contributed by atoms with Gasteiger partial charge < -0.3 is 19.1 Å². The van der Waals surface area contributed by atoms with Gasteiger partial charge in [0.15, 0.2) is 0 Å². The van der Waals surface area contributed by atoms with Crippen LogP contribution in [0.25, 0.3) is 33.5 Å². The molecule has 35 heavy (non-hydrogen) atoms. The molecule has 1 aromatic heterocycles. The molecule has 0 saturated carbocycles. The zero-order valence-corrected chi connectivity index (χ0v) is 21.9. The van der Waals surface area contributed by atoms with Crippen LogP contribution in [-0.4, -0.2) is 41.0 Å². The van der Waals surface area contributed by atoms with E-state index in [1.807, 2.05) is 22.8 Å². The molecule has 1 heterocycles. The SMILES string of the molecule is CCOC(=O)c1cccc(-c2cc(OC)c3c(nc(-c4ccc(C(C)C)cc4)n3CCO)c2Br)c1. The van der Waals surface area contributed by atoms with Crippen molar-refractivity contribution in [2.75, 3.05) is 20.3 Å². The quantitative estimate of drug-likeness (QED) is 0.262. The highest BCUT2D eigenvalue weighted by atomic mass is 79.9. The van der Waals surface area contributed by atoms with E-state index in [0.29, 0.717) is 30.4 Å². The van der Waals surface area contributed by atoms with Crippen LogP contribution in [-0.2, 0) is 11.3 Å². The summed E-state index contributed by atoms with van der Waals surface area (Å²) in [6.07, 6.45) is 0. The van der Waals surface area contributed by atoms with Crippen molar-refractivity contribution < 1.29 is 19.4 Å². The second-order valence-corrected chi connectivity index (χ2v) is 9.32. The molecule has 0 spiro atoms. The topological polar surface area (TPSA) is 73.6 Å². The van der Waals surface area contributed by atoms with Crippen LogP contribution in [0.2, 0.25) is 0 Å². The Morgan fingerprint density at radius 3 is 2.49 bits per heavy atom. The first-order valence-electron chi connectivity index (χ1n) is 11.6. The van der Waals surface area contributed by atoms with Crippen molar-refractivity contribution in [1.29, 1.82) is 0 Å². The molecule has 0 radical (unpaired) electrons. The molecule has 0 bridgehead atoms. The molecule has 1 N–H and O–H groups in total. The Balaban J connectivity index is 1.92. The summed E-state index contributed by atoms with van der Waals surface area (Å²) in [5.74, 6) is 1.45. The van der Waals surface area contributed by atoms with E-state index in [1.165, 1.54) is 5.56 Å². The average molecular weight is 537 g/mol. The highest BCUT2D eigenvalue weighted by Gasteiger charge is 2.22. The minimum atomic E-state index is -0.363. The van der Waals surface area contributed by atoms with E-state index in [4.69, 9.17) is 14.5 Å². The second-order valence-electron chi connectivity index (χ2n) is 8.53. The molecule has 7 heteroatoms. The molecular weight excluding hydrogens is 508 g/mol. The predicted octanol–water partition coefficient (Wildman–Crippen LogP) is 6.43. The molecular formula is C28H29BrN2O4. The van der Waals surface area contributed by atoms with E-state index in [9.17, 15) is 9.90 Å². The van der Waals surface area contributed by atoms with E-state index >= 15 is 0 Å². The van der Waals surface area contributed by atoms with Gasteiger partial charge in [0.25, 0.3) is 0 Å². The molecule has 0 unspecified atom stereocenters. The van der Waals surface area contributed by atoms with Gasteiger partial charge in [0.2, 0.25) is 0 Å². The summed E-state index contributed by atoms with van der Waals surface area (Å²) in [6, 6.07) is 17.6. The highest BCUT2D eigenvalue weighted by Crippen LogP contribution is 2.42. The van der Waals surface area contributed by atoms with E-state index in [-0.39, 0.29) is 12.6 Å². The van der Waals surface area contributed by atoms with Gasteiger partial charge in [-0.2, -0.15) is 0 Å². The smallest absolute Gasteiger partial charge is 0.338 e. The molecule has 0 amide bonds. The molecule has 182 valence electrons. The zero-order chi connectivity index (χ0) is 25.1. The van der Waals surface area contributed by atoms with Crippen LogP contribution in [0.1, 0.15) is 42.6 Å². The number of hydrogen-bond acceptors (Lipinski definition) is 5. The molecule has 6 nitrogen and oxygen atoms in total. The lowest BCUT2D eigenvalue weighted by atomic mass is 10.0. The molecule has 4 aromatic rings. The molecule has 0 atom stereocenters. The second kappa shape index (κ2) is 10.6. The number of benzene rings is 3. The number of aliphatic hydroxyl groups is 1. The summed E-state index contributed by atoms with van der Waals surface area (Å²) in [6.45, 7) is 6.77. The zero-order valence-electron chi connectivity index (χ0n) is 20.3. The molecule has 0 saturated heterocycles. The Morgan fingerprint density at radius 1 is 1.11 bits per heavy atom. The number of carbonyl (C=O) groups excluding carboxylic acids is 1. The Kier molecular flexibility index (Phi) is 7.57. The van der Waals surface area contributed by atoms with E-state index in [1.54, 1.807) is 26.2 Å². The van der Waals surface area contributed by atoms with E-state index in [0.717, 1.165) is 38.0 Å². The number of aromatic nitrogens is 2. The van der Waals surface area contributed by atoms with Crippen molar-refractivity contribution in [1.82, 2.24) is 9.55 Å². The molecule has 0 aliphatic rings. The number of methoxy groups -OCH3 is 1. The first-order valence-corrected chi connectivity index (χ1v) is 12.4. The molecule has 0 fully saturated rings. The number of esters is 1. The van der Waals surface area contributed by atoms with Crippen molar-refractivity contribution >= 4 is 32.9 Å². The van der Waals surface area contributed by atoms with Gasteiger partial charge in [0.05, 0.1) is 30.4 Å². The van der Waals surface area contributed by atoms with Crippen molar-refractivity contribution in [3.8, 4) is 28.3 Å². The number of hydrogen-bond donors (Lipinski definition) is 1. The van der Waals surface area contributed by atoms with Gasteiger partial charge in [0, 0.05) is 17.7 Å². The van der Waals surface area contributed by atoms with Crippen LogP contribution in [0.15, 0.2) is 59.1 Å². The van der Waals surface area contributed by atoms with Gasteiger partial charge in [-0.25, -0.2) is 9.78 Å². The Bertz CT molecular complexity index is 1360. The molecule has 4 rings (SSSR count). The lowest BCUT2D eigenvalue weighted by Crippen LogP contribution is -2.05. The minimum absolute atomic E-state index is 0.0351. The van der Waals surface area contributed by atoms with Crippen LogP contribution in [0.5, 0.6) is 5.75 Å². The number of nitrogens with zero attached hydrogens (tertiary/aromatic N) is 2. The van der Waals surface area contributed by atoms with Crippen LogP contribution >= 0.6 is 15.9 Å². The minimum Gasteiger partial charge on any atom is -0.494 e. The van der Waals surface area contributed by atoms with Crippen molar-refractivity contribution in [3.05, 3.63) is 70.2 Å². The van der Waals surface area contributed by atoms with Crippen LogP contribution in [0.3, 0.4) is 0 Å². The van der Waals surface area contributed by atoms with E-state index in [2.05, 4.69) is 54.0 Å². The number of aliphatic hydroxyl groups excluding tert-OH is 1. The van der Waals surface area contributed by atoms with Gasteiger partial charge in [-0.1, -0.05) is 50.2 Å². The van der Waals surface area contributed by atoms with Gasteiger partial charge in [-0.15, -0.1) is 0 Å². The number of imidazole rings is 1. The largest absolute Gasteiger partial charge is 0.494 e. The Morgan fingerprint density at radius 2 is 1.86 bits per heavy atom. The van der Waals surface area contributed by atoms with Crippen LogP contribution in [0.4, 0.5) is 0 Å². The Hall–Kier alpha value is -3.16. The summed E-state index contributed by atoms with van der Waals surface area (Å²) >= 11 is 3.77.